The maximum absolute atomic E-state index is 10.3. The quantitative estimate of drug-likeness (QED) is 0.397. The Balaban J connectivity index is 0. The van der Waals surface area contributed by atoms with Crippen LogP contribution in [-0.2, 0) is 10.1 Å². The lowest BCUT2D eigenvalue weighted by molar-refractivity contribution is 0.478. The summed E-state index contributed by atoms with van der Waals surface area (Å²) < 4.78 is 29.1. The van der Waals surface area contributed by atoms with Crippen molar-refractivity contribution in [1.82, 2.24) is 0 Å². The summed E-state index contributed by atoms with van der Waals surface area (Å²) in [6.45, 7) is 2.17. The first-order valence-corrected chi connectivity index (χ1v) is 6.62. The van der Waals surface area contributed by atoms with Crippen molar-refractivity contribution in [3.8, 4) is 0 Å². The molecular weight excluding hydrogens is 212 g/mol. The van der Waals surface area contributed by atoms with Crippen molar-refractivity contribution in [1.29, 1.82) is 0 Å². The largest absolute Gasteiger partial charge is 0.286 e. The van der Waals surface area contributed by atoms with Crippen LogP contribution in [0.15, 0.2) is 0 Å². The first-order chi connectivity index (χ1) is 6.06. The molecule has 0 aliphatic carbocycles. The maximum atomic E-state index is 10.3. The molecule has 0 heterocycles. The van der Waals surface area contributed by atoms with Gasteiger partial charge in [-0.2, -0.15) is 8.42 Å². The Bertz CT molecular complexity index is 202. The van der Waals surface area contributed by atoms with Gasteiger partial charge in [-0.3, -0.25) is 4.55 Å². The summed E-state index contributed by atoms with van der Waals surface area (Å²) in [6, 6.07) is 0. The monoisotopic (exact) mass is 232 g/mol. The fraction of sp³-hybridized carbons (Fsp3) is 1.00. The molecular formula is C9H20MgO3S. The Morgan fingerprint density at radius 1 is 0.929 bits per heavy atom. The second kappa shape index (κ2) is 10.2. The van der Waals surface area contributed by atoms with Crippen LogP contribution in [0.4, 0.5) is 0 Å². The second-order valence-electron chi connectivity index (χ2n) is 3.41. The van der Waals surface area contributed by atoms with Crippen molar-refractivity contribution in [3.63, 3.8) is 0 Å². The van der Waals surface area contributed by atoms with Crippen LogP contribution in [0.5, 0.6) is 0 Å². The van der Waals surface area contributed by atoms with Gasteiger partial charge in [-0.1, -0.05) is 45.4 Å². The average molecular weight is 233 g/mol. The zero-order valence-electron chi connectivity index (χ0n) is 9.04. The molecule has 0 aromatic carbocycles. The van der Waals surface area contributed by atoms with E-state index in [1.54, 1.807) is 0 Å². The van der Waals surface area contributed by atoms with Crippen LogP contribution < -0.4 is 0 Å². The molecule has 0 rings (SSSR count). The van der Waals surface area contributed by atoms with Gasteiger partial charge < -0.3 is 0 Å². The molecule has 1 N–H and O–H groups in total. The number of rotatable bonds is 8. The minimum atomic E-state index is -3.72. The molecule has 0 unspecified atom stereocenters. The minimum absolute atomic E-state index is 0. The van der Waals surface area contributed by atoms with Crippen molar-refractivity contribution in [2.75, 3.05) is 5.75 Å². The van der Waals surface area contributed by atoms with Gasteiger partial charge in [0.2, 0.25) is 0 Å². The fourth-order valence-electron chi connectivity index (χ4n) is 1.24. The van der Waals surface area contributed by atoms with Gasteiger partial charge in [0, 0.05) is 23.1 Å². The normalized spacial score (nSPS) is 11.0. The van der Waals surface area contributed by atoms with E-state index < -0.39 is 10.1 Å². The van der Waals surface area contributed by atoms with E-state index in [-0.39, 0.29) is 28.8 Å². The lowest BCUT2D eigenvalue weighted by atomic mass is 10.1. The zero-order valence-corrected chi connectivity index (χ0v) is 11.3. The molecule has 3 nitrogen and oxygen atoms in total. The van der Waals surface area contributed by atoms with Crippen LogP contribution in [-0.4, -0.2) is 41.8 Å². The number of unbranched alkanes of at least 4 members (excludes halogenated alkanes) is 6. The van der Waals surface area contributed by atoms with Gasteiger partial charge in [-0.15, -0.1) is 0 Å². The van der Waals surface area contributed by atoms with E-state index in [0.717, 1.165) is 12.8 Å². The van der Waals surface area contributed by atoms with Crippen LogP contribution in [0.3, 0.4) is 0 Å². The van der Waals surface area contributed by atoms with Gasteiger partial charge in [0.25, 0.3) is 10.1 Å². The molecule has 0 saturated carbocycles. The molecule has 5 heteroatoms. The molecule has 82 valence electrons. The van der Waals surface area contributed by atoms with Crippen molar-refractivity contribution < 1.29 is 13.0 Å². The third-order valence-corrected chi connectivity index (χ3v) is 2.81. The van der Waals surface area contributed by atoms with E-state index in [0.29, 0.717) is 6.42 Å². The van der Waals surface area contributed by atoms with E-state index in [1.165, 1.54) is 25.7 Å². The molecule has 14 heavy (non-hydrogen) atoms. The molecule has 0 amide bonds. The van der Waals surface area contributed by atoms with Crippen molar-refractivity contribution in [2.24, 2.45) is 0 Å². The van der Waals surface area contributed by atoms with E-state index in [4.69, 9.17) is 4.55 Å². The van der Waals surface area contributed by atoms with E-state index >= 15 is 0 Å². The van der Waals surface area contributed by atoms with E-state index in [2.05, 4.69) is 6.92 Å². The number of hydrogen-bond donors (Lipinski definition) is 1. The minimum Gasteiger partial charge on any atom is -0.286 e. The molecule has 0 spiro atoms. The Hall–Kier alpha value is 0.676. The Kier molecular flexibility index (Phi) is 12.4. The molecule has 0 fully saturated rings. The van der Waals surface area contributed by atoms with Gasteiger partial charge in [-0.05, 0) is 6.42 Å². The van der Waals surface area contributed by atoms with Crippen molar-refractivity contribution in [3.05, 3.63) is 0 Å². The number of hydrogen-bond acceptors (Lipinski definition) is 2. The Labute approximate surface area is 104 Å². The molecule has 0 saturated heterocycles. The highest BCUT2D eigenvalue weighted by atomic mass is 32.2. The van der Waals surface area contributed by atoms with Crippen LogP contribution in [0.25, 0.3) is 0 Å². The van der Waals surface area contributed by atoms with Crippen LogP contribution in [0.1, 0.15) is 51.9 Å². The maximum Gasteiger partial charge on any atom is 0.264 e. The first-order valence-electron chi connectivity index (χ1n) is 5.01. The average Bonchev–Trinajstić information content (AvgIpc) is 2.01. The second-order valence-corrected chi connectivity index (χ2v) is 4.98. The molecule has 0 aromatic heterocycles. The van der Waals surface area contributed by atoms with E-state index in [9.17, 15) is 8.42 Å². The standard InChI is InChI=1S/C9H20O3S.Mg/c1-2-3-4-5-6-7-8-9-13(10,11)12;/h2-9H2,1H3,(H,10,11,12);. The van der Waals surface area contributed by atoms with Gasteiger partial charge >= 0.3 is 0 Å². The highest BCUT2D eigenvalue weighted by Crippen LogP contribution is 2.07. The van der Waals surface area contributed by atoms with Gasteiger partial charge in [0.1, 0.15) is 0 Å². The third-order valence-electron chi connectivity index (χ3n) is 2.01. The highest BCUT2D eigenvalue weighted by molar-refractivity contribution is 7.85. The Morgan fingerprint density at radius 2 is 1.36 bits per heavy atom. The molecule has 0 atom stereocenters. The summed E-state index contributed by atoms with van der Waals surface area (Å²) >= 11 is 0. The predicted molar refractivity (Wildman–Crippen MR) is 60.2 cm³/mol. The molecule has 0 aliphatic rings. The highest BCUT2D eigenvalue weighted by Gasteiger charge is 2.02. The topological polar surface area (TPSA) is 54.4 Å². The molecule has 0 aromatic rings. The van der Waals surface area contributed by atoms with Gasteiger partial charge in [0.15, 0.2) is 0 Å². The molecule has 0 bridgehead atoms. The van der Waals surface area contributed by atoms with Crippen LogP contribution in [0, 0.1) is 0 Å². The zero-order chi connectivity index (χ0) is 10.2. The summed E-state index contributed by atoms with van der Waals surface area (Å²) in [5.41, 5.74) is 0. The summed E-state index contributed by atoms with van der Waals surface area (Å²) in [7, 11) is -3.72. The Morgan fingerprint density at radius 3 is 1.79 bits per heavy atom. The van der Waals surface area contributed by atoms with Crippen molar-refractivity contribution >= 4 is 33.2 Å². The lowest BCUT2D eigenvalue weighted by Gasteiger charge is -1.99. The molecule has 2 radical (unpaired) electrons. The van der Waals surface area contributed by atoms with E-state index in [1.807, 2.05) is 0 Å². The fourth-order valence-corrected chi connectivity index (χ4v) is 1.81. The SMILES string of the molecule is CCCCCCCCCS(=O)(=O)O.[Mg]. The van der Waals surface area contributed by atoms with Crippen LogP contribution >= 0.6 is 0 Å². The van der Waals surface area contributed by atoms with Gasteiger partial charge in [0.05, 0.1) is 5.75 Å². The summed E-state index contributed by atoms with van der Waals surface area (Å²) in [5, 5.41) is 0. The first kappa shape index (κ1) is 17.1. The van der Waals surface area contributed by atoms with Gasteiger partial charge in [-0.25, -0.2) is 0 Å². The summed E-state index contributed by atoms with van der Waals surface area (Å²) in [6.07, 6.45) is 7.48. The smallest absolute Gasteiger partial charge is 0.264 e. The summed E-state index contributed by atoms with van der Waals surface area (Å²) in [4.78, 5) is 0. The summed E-state index contributed by atoms with van der Waals surface area (Å²) in [5.74, 6) is -0.0826. The lowest BCUT2D eigenvalue weighted by Crippen LogP contribution is -2.03. The third kappa shape index (κ3) is 15.2. The predicted octanol–water partition coefficient (Wildman–Crippen LogP) is 2.24. The molecule has 0 aliphatic heterocycles. The van der Waals surface area contributed by atoms with Crippen LogP contribution in [0.2, 0.25) is 0 Å². The van der Waals surface area contributed by atoms with Crippen molar-refractivity contribution in [2.45, 2.75) is 51.9 Å².